The fraction of sp³-hybridized carbons (Fsp3) is 0.462. The van der Waals surface area contributed by atoms with Crippen LogP contribution < -0.4 is 5.73 Å². The highest BCUT2D eigenvalue weighted by atomic mass is 127. The molecule has 1 atom stereocenters. The Balaban J connectivity index is 2.21. The Kier molecular flexibility index (Phi) is 4.39. The summed E-state index contributed by atoms with van der Waals surface area (Å²) in [6, 6.07) is 7.94. The van der Waals surface area contributed by atoms with Crippen LogP contribution in [0.2, 0.25) is 0 Å². The number of carbonyl (C=O) groups is 1. The molecule has 4 heteroatoms. The van der Waals surface area contributed by atoms with Crippen LogP contribution in [0.1, 0.15) is 29.6 Å². The predicted octanol–water partition coefficient (Wildman–Crippen LogP) is 2.24. The third-order valence-electron chi connectivity index (χ3n) is 3.26. The molecule has 17 heavy (non-hydrogen) atoms. The number of piperidine rings is 1. The van der Waals surface area contributed by atoms with E-state index in [1.165, 1.54) is 6.42 Å². The lowest BCUT2D eigenvalue weighted by Crippen LogP contribution is -2.47. The van der Waals surface area contributed by atoms with Crippen molar-refractivity contribution < 1.29 is 4.79 Å². The van der Waals surface area contributed by atoms with Gasteiger partial charge in [-0.15, -0.1) is 0 Å². The second-order valence-electron chi connectivity index (χ2n) is 4.36. The summed E-state index contributed by atoms with van der Waals surface area (Å²) in [5.74, 6) is 0.130. The van der Waals surface area contributed by atoms with Gasteiger partial charge in [-0.05, 0) is 54.0 Å². The number of likely N-dealkylation sites (tertiary alicyclic amines) is 1. The van der Waals surface area contributed by atoms with Crippen molar-refractivity contribution in [2.75, 3.05) is 13.1 Å². The van der Waals surface area contributed by atoms with E-state index in [0.717, 1.165) is 28.5 Å². The molecule has 0 bridgehead atoms. The van der Waals surface area contributed by atoms with E-state index in [2.05, 4.69) is 22.6 Å². The van der Waals surface area contributed by atoms with E-state index in [4.69, 9.17) is 5.73 Å². The van der Waals surface area contributed by atoms with E-state index < -0.39 is 0 Å². The summed E-state index contributed by atoms with van der Waals surface area (Å²) in [4.78, 5) is 14.4. The first-order valence-electron chi connectivity index (χ1n) is 5.99. The smallest absolute Gasteiger partial charge is 0.255 e. The fourth-order valence-corrected chi connectivity index (χ4v) is 2.92. The third kappa shape index (κ3) is 2.80. The first kappa shape index (κ1) is 12.8. The van der Waals surface area contributed by atoms with Gasteiger partial charge in [-0.3, -0.25) is 4.79 Å². The summed E-state index contributed by atoms with van der Waals surface area (Å²) in [7, 11) is 0. The average Bonchev–Trinajstić information content (AvgIpc) is 2.38. The zero-order valence-electron chi connectivity index (χ0n) is 9.73. The van der Waals surface area contributed by atoms with Crippen LogP contribution in [-0.4, -0.2) is 29.9 Å². The lowest BCUT2D eigenvalue weighted by atomic mass is 10.0. The van der Waals surface area contributed by atoms with Gasteiger partial charge in [0.15, 0.2) is 0 Å². The minimum Gasteiger partial charge on any atom is -0.334 e. The van der Waals surface area contributed by atoms with Crippen molar-refractivity contribution in [2.24, 2.45) is 5.73 Å². The van der Waals surface area contributed by atoms with Crippen molar-refractivity contribution in [3.8, 4) is 0 Å². The van der Waals surface area contributed by atoms with Gasteiger partial charge in [0.25, 0.3) is 5.91 Å². The maximum Gasteiger partial charge on any atom is 0.255 e. The van der Waals surface area contributed by atoms with Crippen molar-refractivity contribution in [3.05, 3.63) is 33.4 Å². The largest absolute Gasteiger partial charge is 0.334 e. The lowest BCUT2D eigenvalue weighted by Gasteiger charge is -2.35. The number of benzene rings is 1. The molecule has 3 nitrogen and oxygen atoms in total. The van der Waals surface area contributed by atoms with Crippen molar-refractivity contribution in [1.29, 1.82) is 0 Å². The SMILES string of the molecule is NCC1CCCCN1C(=O)c1ccccc1I. The molecule has 1 heterocycles. The fourth-order valence-electron chi connectivity index (χ4n) is 2.30. The van der Waals surface area contributed by atoms with Gasteiger partial charge in [0.1, 0.15) is 0 Å². The lowest BCUT2D eigenvalue weighted by molar-refractivity contribution is 0.0622. The summed E-state index contributed by atoms with van der Waals surface area (Å²) in [6.45, 7) is 1.40. The molecule has 1 aliphatic rings. The minimum atomic E-state index is 0.130. The van der Waals surface area contributed by atoms with Gasteiger partial charge in [-0.1, -0.05) is 12.1 Å². The number of halogens is 1. The number of hydrogen-bond donors (Lipinski definition) is 1. The normalized spacial score (nSPS) is 20.4. The predicted molar refractivity (Wildman–Crippen MR) is 76.9 cm³/mol. The van der Waals surface area contributed by atoms with Crippen molar-refractivity contribution in [2.45, 2.75) is 25.3 Å². The minimum absolute atomic E-state index is 0.130. The van der Waals surface area contributed by atoms with E-state index in [-0.39, 0.29) is 11.9 Å². The summed E-state index contributed by atoms with van der Waals surface area (Å²) in [6.07, 6.45) is 3.30. The molecule has 92 valence electrons. The maximum atomic E-state index is 12.5. The summed E-state index contributed by atoms with van der Waals surface area (Å²) < 4.78 is 1.01. The molecule has 1 saturated heterocycles. The van der Waals surface area contributed by atoms with Gasteiger partial charge < -0.3 is 10.6 Å². The molecule has 0 aromatic heterocycles. The van der Waals surface area contributed by atoms with E-state index in [0.29, 0.717) is 6.54 Å². The molecule has 1 fully saturated rings. The van der Waals surface area contributed by atoms with Crippen molar-refractivity contribution >= 4 is 28.5 Å². The Bertz CT molecular complexity index is 408. The summed E-state index contributed by atoms with van der Waals surface area (Å²) >= 11 is 2.21. The van der Waals surface area contributed by atoms with Gasteiger partial charge in [-0.25, -0.2) is 0 Å². The number of hydrogen-bond acceptors (Lipinski definition) is 2. The zero-order valence-corrected chi connectivity index (χ0v) is 11.9. The van der Waals surface area contributed by atoms with Gasteiger partial charge in [0.2, 0.25) is 0 Å². The first-order chi connectivity index (χ1) is 8.24. The van der Waals surface area contributed by atoms with Gasteiger partial charge >= 0.3 is 0 Å². The Morgan fingerprint density at radius 1 is 1.41 bits per heavy atom. The maximum absolute atomic E-state index is 12.5. The molecule has 1 amide bonds. The van der Waals surface area contributed by atoms with E-state index in [9.17, 15) is 4.79 Å². The van der Waals surface area contributed by atoms with Crippen LogP contribution in [0, 0.1) is 3.57 Å². The highest BCUT2D eigenvalue weighted by Gasteiger charge is 2.27. The summed E-state index contributed by atoms with van der Waals surface area (Å²) in [5.41, 5.74) is 6.55. The molecule has 2 N–H and O–H groups in total. The molecule has 2 rings (SSSR count). The number of nitrogens with zero attached hydrogens (tertiary/aromatic N) is 1. The Morgan fingerprint density at radius 3 is 2.88 bits per heavy atom. The second-order valence-corrected chi connectivity index (χ2v) is 5.53. The van der Waals surface area contributed by atoms with Crippen LogP contribution >= 0.6 is 22.6 Å². The Labute approximate surface area is 116 Å². The van der Waals surface area contributed by atoms with Crippen molar-refractivity contribution in [1.82, 2.24) is 4.90 Å². The zero-order chi connectivity index (χ0) is 12.3. The van der Waals surface area contributed by atoms with E-state index in [1.54, 1.807) is 0 Å². The van der Waals surface area contributed by atoms with Gasteiger partial charge in [-0.2, -0.15) is 0 Å². The van der Waals surface area contributed by atoms with E-state index >= 15 is 0 Å². The van der Waals surface area contributed by atoms with Crippen LogP contribution in [0.3, 0.4) is 0 Å². The molecule has 0 radical (unpaired) electrons. The molecular weight excluding hydrogens is 327 g/mol. The highest BCUT2D eigenvalue weighted by Crippen LogP contribution is 2.21. The molecule has 1 aliphatic heterocycles. The molecule has 0 saturated carbocycles. The van der Waals surface area contributed by atoms with Crippen LogP contribution in [-0.2, 0) is 0 Å². The van der Waals surface area contributed by atoms with E-state index in [1.807, 2.05) is 29.2 Å². The number of amides is 1. The molecule has 1 unspecified atom stereocenters. The van der Waals surface area contributed by atoms with Crippen LogP contribution in [0.4, 0.5) is 0 Å². The number of nitrogens with two attached hydrogens (primary N) is 1. The molecule has 0 spiro atoms. The molecule has 1 aromatic rings. The standard InChI is InChI=1S/C13H17IN2O/c14-12-7-2-1-6-11(12)13(17)16-8-4-3-5-10(16)9-15/h1-2,6-7,10H,3-5,8-9,15H2. The average molecular weight is 344 g/mol. The van der Waals surface area contributed by atoms with Crippen LogP contribution in [0.25, 0.3) is 0 Å². The van der Waals surface area contributed by atoms with Gasteiger partial charge in [0, 0.05) is 22.7 Å². The third-order valence-corrected chi connectivity index (χ3v) is 4.21. The van der Waals surface area contributed by atoms with Crippen molar-refractivity contribution in [3.63, 3.8) is 0 Å². The van der Waals surface area contributed by atoms with Crippen LogP contribution in [0.5, 0.6) is 0 Å². The molecule has 1 aromatic carbocycles. The molecule has 0 aliphatic carbocycles. The highest BCUT2D eigenvalue weighted by molar-refractivity contribution is 14.1. The van der Waals surface area contributed by atoms with Crippen LogP contribution in [0.15, 0.2) is 24.3 Å². The van der Waals surface area contributed by atoms with Gasteiger partial charge in [0.05, 0.1) is 5.56 Å². The monoisotopic (exact) mass is 344 g/mol. The second kappa shape index (κ2) is 5.82. The first-order valence-corrected chi connectivity index (χ1v) is 7.07. The summed E-state index contributed by atoms with van der Waals surface area (Å²) in [5, 5.41) is 0. The molecular formula is C13H17IN2O. The number of rotatable bonds is 2. The quantitative estimate of drug-likeness (QED) is 0.837. The topological polar surface area (TPSA) is 46.3 Å². The number of carbonyl (C=O) groups excluding carboxylic acids is 1. The Hall–Kier alpha value is -0.620. The Morgan fingerprint density at radius 2 is 2.18 bits per heavy atom.